The Hall–Kier alpha value is -1.43. The second-order valence-electron chi connectivity index (χ2n) is 3.55. The number of nitrogens with one attached hydrogen (secondary N) is 1. The van der Waals surface area contributed by atoms with Gasteiger partial charge in [-0.15, -0.1) is 0 Å². The molecular weight excluding hydrogens is 220 g/mol. The maximum absolute atomic E-state index is 11.5. The molecule has 1 atom stereocenters. The predicted molar refractivity (Wildman–Crippen MR) is 64.3 cm³/mol. The van der Waals surface area contributed by atoms with Crippen LogP contribution in [0.15, 0.2) is 30.3 Å². The van der Waals surface area contributed by atoms with E-state index in [1.165, 1.54) is 0 Å². The van der Waals surface area contributed by atoms with Gasteiger partial charge < -0.3 is 20.9 Å². The van der Waals surface area contributed by atoms with Crippen molar-refractivity contribution in [3.8, 4) is 0 Å². The van der Waals surface area contributed by atoms with E-state index in [9.17, 15) is 9.90 Å². The number of nitrogens with two attached hydrogens (primary N) is 1. The van der Waals surface area contributed by atoms with E-state index in [2.05, 4.69) is 5.32 Å². The molecule has 0 bridgehead atoms. The molecule has 94 valence electrons. The van der Waals surface area contributed by atoms with Crippen LogP contribution in [0, 0.1) is 0 Å². The van der Waals surface area contributed by atoms with Crippen molar-refractivity contribution in [2.75, 3.05) is 26.4 Å². The summed E-state index contributed by atoms with van der Waals surface area (Å²) in [5.41, 5.74) is 6.10. The zero-order valence-corrected chi connectivity index (χ0v) is 9.63. The second kappa shape index (κ2) is 7.78. The second-order valence-corrected chi connectivity index (χ2v) is 3.55. The molecule has 0 saturated heterocycles. The number of ether oxygens (including phenoxy) is 1. The van der Waals surface area contributed by atoms with Gasteiger partial charge in [0, 0.05) is 6.54 Å². The van der Waals surface area contributed by atoms with E-state index >= 15 is 0 Å². The Morgan fingerprint density at radius 3 is 2.71 bits per heavy atom. The molecule has 4 N–H and O–H groups in total. The van der Waals surface area contributed by atoms with E-state index in [0.29, 0.717) is 13.2 Å². The monoisotopic (exact) mass is 238 g/mol. The van der Waals surface area contributed by atoms with E-state index in [4.69, 9.17) is 10.5 Å². The SMILES string of the molecule is NCCOCC(=O)N[C@H](CO)c1ccccc1. The van der Waals surface area contributed by atoms with Crippen molar-refractivity contribution in [3.63, 3.8) is 0 Å². The van der Waals surface area contributed by atoms with Gasteiger partial charge in [0.05, 0.1) is 19.3 Å². The van der Waals surface area contributed by atoms with Crippen LogP contribution in [0.2, 0.25) is 0 Å². The summed E-state index contributed by atoms with van der Waals surface area (Å²) in [5.74, 6) is -0.263. The van der Waals surface area contributed by atoms with Crippen LogP contribution >= 0.6 is 0 Å². The van der Waals surface area contributed by atoms with E-state index in [1.807, 2.05) is 30.3 Å². The molecule has 5 nitrogen and oxygen atoms in total. The Morgan fingerprint density at radius 2 is 2.12 bits per heavy atom. The molecule has 17 heavy (non-hydrogen) atoms. The fourth-order valence-corrected chi connectivity index (χ4v) is 1.40. The molecule has 0 aromatic heterocycles. The van der Waals surface area contributed by atoms with E-state index in [0.717, 1.165) is 5.56 Å². The summed E-state index contributed by atoms with van der Waals surface area (Å²) in [6.45, 7) is 0.547. The quantitative estimate of drug-likeness (QED) is 0.575. The van der Waals surface area contributed by atoms with Crippen molar-refractivity contribution in [1.82, 2.24) is 5.32 Å². The highest BCUT2D eigenvalue weighted by Crippen LogP contribution is 2.11. The number of benzene rings is 1. The molecule has 1 amide bonds. The fourth-order valence-electron chi connectivity index (χ4n) is 1.40. The van der Waals surface area contributed by atoms with Crippen LogP contribution in [0.1, 0.15) is 11.6 Å². The molecule has 1 aromatic carbocycles. The number of aliphatic hydroxyl groups is 1. The fraction of sp³-hybridized carbons (Fsp3) is 0.417. The summed E-state index contributed by atoms with van der Waals surface area (Å²) in [5, 5.41) is 11.9. The summed E-state index contributed by atoms with van der Waals surface area (Å²) < 4.78 is 5.01. The molecule has 0 saturated carbocycles. The lowest BCUT2D eigenvalue weighted by molar-refractivity contribution is -0.126. The van der Waals surface area contributed by atoms with Crippen molar-refractivity contribution < 1.29 is 14.6 Å². The zero-order valence-electron chi connectivity index (χ0n) is 9.63. The van der Waals surface area contributed by atoms with Gasteiger partial charge in [0.15, 0.2) is 0 Å². The molecule has 1 aromatic rings. The lowest BCUT2D eigenvalue weighted by Crippen LogP contribution is -2.34. The Bertz CT molecular complexity index is 330. The van der Waals surface area contributed by atoms with E-state index in [1.54, 1.807) is 0 Å². The highest BCUT2D eigenvalue weighted by atomic mass is 16.5. The van der Waals surface area contributed by atoms with Gasteiger partial charge in [-0.25, -0.2) is 0 Å². The molecule has 1 rings (SSSR count). The predicted octanol–water partition coefficient (Wildman–Crippen LogP) is -0.188. The Labute approximate surface area is 101 Å². The molecule has 0 fully saturated rings. The van der Waals surface area contributed by atoms with Gasteiger partial charge >= 0.3 is 0 Å². The van der Waals surface area contributed by atoms with Crippen LogP contribution in [0.5, 0.6) is 0 Å². The molecule has 0 aliphatic carbocycles. The standard InChI is InChI=1S/C12H18N2O3/c13-6-7-17-9-12(16)14-11(8-15)10-4-2-1-3-5-10/h1-5,11,15H,6-9,13H2,(H,14,16)/t11-/m1/s1. The van der Waals surface area contributed by atoms with Crippen molar-refractivity contribution in [2.45, 2.75) is 6.04 Å². The minimum Gasteiger partial charge on any atom is -0.394 e. The molecule has 0 heterocycles. The zero-order chi connectivity index (χ0) is 12.5. The smallest absolute Gasteiger partial charge is 0.246 e. The van der Waals surface area contributed by atoms with Gasteiger partial charge in [-0.1, -0.05) is 30.3 Å². The van der Waals surface area contributed by atoms with Gasteiger partial charge in [-0.2, -0.15) is 0 Å². The van der Waals surface area contributed by atoms with Crippen LogP contribution in [-0.4, -0.2) is 37.4 Å². The first-order valence-electron chi connectivity index (χ1n) is 5.51. The third-order valence-electron chi connectivity index (χ3n) is 2.22. The van der Waals surface area contributed by atoms with Crippen LogP contribution < -0.4 is 11.1 Å². The topological polar surface area (TPSA) is 84.6 Å². The van der Waals surface area contributed by atoms with Crippen molar-refractivity contribution in [1.29, 1.82) is 0 Å². The van der Waals surface area contributed by atoms with Crippen molar-refractivity contribution in [3.05, 3.63) is 35.9 Å². The maximum atomic E-state index is 11.5. The first-order chi connectivity index (χ1) is 8.27. The lowest BCUT2D eigenvalue weighted by atomic mass is 10.1. The average molecular weight is 238 g/mol. The number of rotatable bonds is 7. The summed E-state index contributed by atoms with van der Waals surface area (Å²) in [4.78, 5) is 11.5. The largest absolute Gasteiger partial charge is 0.394 e. The highest BCUT2D eigenvalue weighted by Gasteiger charge is 2.12. The molecule has 0 radical (unpaired) electrons. The van der Waals surface area contributed by atoms with Crippen molar-refractivity contribution in [2.24, 2.45) is 5.73 Å². The Kier molecular flexibility index (Phi) is 6.24. The van der Waals surface area contributed by atoms with Crippen LogP contribution in [0.3, 0.4) is 0 Å². The van der Waals surface area contributed by atoms with Gasteiger partial charge in [-0.3, -0.25) is 4.79 Å². The summed E-state index contributed by atoms with van der Waals surface area (Å²) >= 11 is 0. The summed E-state index contributed by atoms with van der Waals surface area (Å²) in [7, 11) is 0. The first-order valence-corrected chi connectivity index (χ1v) is 5.51. The summed E-state index contributed by atoms with van der Waals surface area (Å²) in [6.07, 6.45) is 0. The minimum atomic E-state index is -0.398. The van der Waals surface area contributed by atoms with Gasteiger partial charge in [0.1, 0.15) is 6.61 Å². The highest BCUT2D eigenvalue weighted by molar-refractivity contribution is 5.77. The molecule has 0 aliphatic heterocycles. The van der Waals surface area contributed by atoms with Gasteiger partial charge in [-0.05, 0) is 5.56 Å². The minimum absolute atomic E-state index is 0.0411. The number of carbonyl (C=O) groups excluding carboxylic acids is 1. The third-order valence-corrected chi connectivity index (χ3v) is 2.22. The Morgan fingerprint density at radius 1 is 1.41 bits per heavy atom. The molecule has 0 aliphatic rings. The maximum Gasteiger partial charge on any atom is 0.246 e. The van der Waals surface area contributed by atoms with Crippen LogP contribution in [-0.2, 0) is 9.53 Å². The van der Waals surface area contributed by atoms with Gasteiger partial charge in [0.25, 0.3) is 0 Å². The molecule has 0 spiro atoms. The average Bonchev–Trinajstić information content (AvgIpc) is 2.37. The normalized spacial score (nSPS) is 12.1. The molecule has 0 unspecified atom stereocenters. The number of aliphatic hydroxyl groups excluding tert-OH is 1. The lowest BCUT2D eigenvalue weighted by Gasteiger charge is -2.16. The number of carbonyl (C=O) groups is 1. The van der Waals surface area contributed by atoms with E-state index in [-0.39, 0.29) is 19.1 Å². The van der Waals surface area contributed by atoms with Crippen molar-refractivity contribution >= 4 is 5.91 Å². The summed E-state index contributed by atoms with van der Waals surface area (Å²) in [6, 6.07) is 8.89. The third kappa shape index (κ3) is 4.95. The molecular formula is C12H18N2O3. The van der Waals surface area contributed by atoms with Crippen LogP contribution in [0.25, 0.3) is 0 Å². The van der Waals surface area contributed by atoms with Crippen LogP contribution in [0.4, 0.5) is 0 Å². The number of amides is 1. The molecule has 5 heteroatoms. The van der Waals surface area contributed by atoms with E-state index < -0.39 is 6.04 Å². The first kappa shape index (κ1) is 13.6. The number of hydrogen-bond donors (Lipinski definition) is 3. The number of hydrogen-bond acceptors (Lipinski definition) is 4. The van der Waals surface area contributed by atoms with Gasteiger partial charge in [0.2, 0.25) is 5.91 Å². The Balaban J connectivity index is 2.44.